The quantitative estimate of drug-likeness (QED) is 0.0211. The first-order valence-corrected chi connectivity index (χ1v) is 22.8. The lowest BCUT2D eigenvalue weighted by Gasteiger charge is -2.41. The summed E-state index contributed by atoms with van der Waals surface area (Å²) in [6.45, 7) is 3.28. The average molecular weight is 797 g/mol. The van der Waals surface area contributed by atoms with Gasteiger partial charge in [-0.3, -0.25) is 18.6 Å². The zero-order valence-corrected chi connectivity index (χ0v) is 34.4. The molecule has 0 spiro atoms. The molecule has 0 bridgehead atoms. The fraction of sp³-hybridized carbons (Fsp3) is 0.950. The van der Waals surface area contributed by atoms with Crippen LogP contribution in [-0.2, 0) is 32.7 Å². The van der Waals surface area contributed by atoms with Gasteiger partial charge in [0.2, 0.25) is 0 Å². The van der Waals surface area contributed by atoms with E-state index in [2.05, 4.69) is 13.8 Å². The molecule has 0 aromatic carbocycles. The first kappa shape index (κ1) is 50.9. The minimum atomic E-state index is -5.10. The number of aliphatic hydroxyl groups is 5. The lowest BCUT2D eigenvalue weighted by atomic mass is 9.85. The number of carbonyl (C=O) groups is 2. The lowest BCUT2D eigenvalue weighted by Crippen LogP contribution is -2.64. The van der Waals surface area contributed by atoms with Gasteiger partial charge in [-0.2, -0.15) is 0 Å². The molecule has 8 atom stereocenters. The first-order chi connectivity index (χ1) is 25.9. The van der Waals surface area contributed by atoms with E-state index in [1.807, 2.05) is 0 Å². The molecule has 1 aliphatic rings. The number of phosphoric acid groups is 1. The van der Waals surface area contributed by atoms with Crippen LogP contribution in [0.1, 0.15) is 187 Å². The van der Waals surface area contributed by atoms with Gasteiger partial charge in [0, 0.05) is 12.8 Å². The molecule has 13 nitrogen and oxygen atoms in total. The molecule has 0 aromatic rings. The summed E-state index contributed by atoms with van der Waals surface area (Å²) in [5.41, 5.74) is 0. The molecule has 320 valence electrons. The maximum absolute atomic E-state index is 12.8. The van der Waals surface area contributed by atoms with Gasteiger partial charge in [0.05, 0.1) is 6.61 Å². The van der Waals surface area contributed by atoms with Crippen molar-refractivity contribution in [3.05, 3.63) is 0 Å². The topological polar surface area (TPSA) is 210 Å². The van der Waals surface area contributed by atoms with E-state index in [1.54, 1.807) is 0 Å². The van der Waals surface area contributed by atoms with E-state index in [0.29, 0.717) is 12.8 Å². The van der Waals surface area contributed by atoms with E-state index in [4.69, 9.17) is 18.5 Å². The second-order valence-electron chi connectivity index (χ2n) is 15.2. The average Bonchev–Trinajstić information content (AvgIpc) is 3.15. The molecule has 54 heavy (non-hydrogen) atoms. The van der Waals surface area contributed by atoms with Crippen LogP contribution >= 0.6 is 7.82 Å². The minimum absolute atomic E-state index is 0.104. The van der Waals surface area contributed by atoms with Crippen molar-refractivity contribution in [1.29, 1.82) is 0 Å². The van der Waals surface area contributed by atoms with Gasteiger partial charge in [-0.15, -0.1) is 0 Å². The van der Waals surface area contributed by atoms with Gasteiger partial charge in [0.25, 0.3) is 0 Å². The van der Waals surface area contributed by atoms with Crippen molar-refractivity contribution in [1.82, 2.24) is 0 Å². The van der Waals surface area contributed by atoms with Gasteiger partial charge in [-0.05, 0) is 12.8 Å². The van der Waals surface area contributed by atoms with E-state index in [1.165, 1.54) is 109 Å². The fourth-order valence-corrected chi connectivity index (χ4v) is 7.67. The Bertz CT molecular complexity index is 969. The number of ether oxygens (including phenoxy) is 2. The van der Waals surface area contributed by atoms with Gasteiger partial charge in [-0.1, -0.05) is 162 Å². The number of hydrogen-bond donors (Lipinski definition) is 6. The van der Waals surface area contributed by atoms with Crippen LogP contribution in [0.25, 0.3) is 0 Å². The SMILES string of the molecule is CCCCCCCCCCCCCCCCCC(=O)O[C@H](COC(=O)CCCCCCCCCCCC)COP(=O)(O)OC1C(O)C(O)C(O)[C@@H](O)C1O. The van der Waals surface area contributed by atoms with Gasteiger partial charge >= 0.3 is 19.8 Å². The van der Waals surface area contributed by atoms with Gasteiger partial charge in [0.1, 0.15) is 43.2 Å². The molecule has 6 N–H and O–H groups in total. The van der Waals surface area contributed by atoms with Crippen molar-refractivity contribution in [2.75, 3.05) is 13.2 Å². The number of aliphatic hydroxyl groups excluding tert-OH is 5. The molecule has 1 saturated carbocycles. The molecule has 0 aliphatic heterocycles. The summed E-state index contributed by atoms with van der Waals surface area (Å²) in [6, 6.07) is 0. The Morgan fingerprint density at radius 2 is 0.833 bits per heavy atom. The third-order valence-corrected chi connectivity index (χ3v) is 11.2. The number of unbranched alkanes of at least 4 members (excludes halogenated alkanes) is 23. The summed E-state index contributed by atoms with van der Waals surface area (Å²) in [7, 11) is -5.10. The first-order valence-electron chi connectivity index (χ1n) is 21.3. The highest BCUT2D eigenvalue weighted by Crippen LogP contribution is 2.47. The Labute approximate surface area is 325 Å². The predicted molar refractivity (Wildman–Crippen MR) is 208 cm³/mol. The summed E-state index contributed by atoms with van der Waals surface area (Å²) in [6.07, 6.45) is 16.0. The summed E-state index contributed by atoms with van der Waals surface area (Å²) in [5, 5.41) is 50.0. The molecule has 1 fully saturated rings. The van der Waals surface area contributed by atoms with E-state index in [0.717, 1.165) is 38.5 Å². The lowest BCUT2D eigenvalue weighted by molar-refractivity contribution is -0.220. The Morgan fingerprint density at radius 3 is 1.22 bits per heavy atom. The predicted octanol–water partition coefficient (Wildman–Crippen LogP) is 7.33. The second-order valence-corrected chi connectivity index (χ2v) is 16.6. The van der Waals surface area contributed by atoms with Crippen molar-refractivity contribution in [2.45, 2.75) is 230 Å². The minimum Gasteiger partial charge on any atom is -0.462 e. The fourth-order valence-electron chi connectivity index (χ4n) is 6.70. The van der Waals surface area contributed by atoms with Crippen LogP contribution in [0.15, 0.2) is 0 Å². The molecule has 0 heterocycles. The summed E-state index contributed by atoms with van der Waals surface area (Å²) in [4.78, 5) is 35.5. The maximum Gasteiger partial charge on any atom is 0.472 e. The highest BCUT2D eigenvalue weighted by Gasteiger charge is 2.51. The molecule has 0 aromatic heterocycles. The Balaban J connectivity index is 2.48. The van der Waals surface area contributed by atoms with Crippen molar-refractivity contribution in [3.63, 3.8) is 0 Å². The van der Waals surface area contributed by atoms with Crippen LogP contribution in [0.3, 0.4) is 0 Å². The maximum atomic E-state index is 12.8. The van der Waals surface area contributed by atoms with Gasteiger partial charge in [-0.25, -0.2) is 4.57 Å². The van der Waals surface area contributed by atoms with Crippen LogP contribution in [0.2, 0.25) is 0 Å². The van der Waals surface area contributed by atoms with Crippen molar-refractivity contribution in [3.8, 4) is 0 Å². The molecule has 14 heteroatoms. The molecule has 0 amide bonds. The monoisotopic (exact) mass is 797 g/mol. The molecule has 6 unspecified atom stereocenters. The summed E-state index contributed by atoms with van der Waals surface area (Å²) in [5.74, 6) is -1.09. The van der Waals surface area contributed by atoms with E-state index >= 15 is 0 Å². The summed E-state index contributed by atoms with van der Waals surface area (Å²) >= 11 is 0. The van der Waals surface area contributed by atoms with E-state index < -0.39 is 75.7 Å². The highest BCUT2D eigenvalue weighted by atomic mass is 31.2. The highest BCUT2D eigenvalue weighted by molar-refractivity contribution is 7.47. The van der Waals surface area contributed by atoms with Gasteiger partial charge in [0.15, 0.2) is 6.10 Å². The van der Waals surface area contributed by atoms with Crippen LogP contribution in [0, 0.1) is 0 Å². The summed E-state index contributed by atoms with van der Waals surface area (Å²) < 4.78 is 33.4. The van der Waals surface area contributed by atoms with Crippen LogP contribution < -0.4 is 0 Å². The molecule has 1 rings (SSSR count). The number of esters is 2. The molecule has 0 saturated heterocycles. The van der Waals surface area contributed by atoms with Crippen LogP contribution in [-0.4, -0.2) is 98.3 Å². The third kappa shape index (κ3) is 24.5. The Kier molecular flexibility index (Phi) is 30.0. The van der Waals surface area contributed by atoms with Crippen LogP contribution in [0.5, 0.6) is 0 Å². The Hall–Kier alpha value is -1.15. The zero-order chi connectivity index (χ0) is 40.0. The number of rotatable bonds is 35. The molecule has 1 aliphatic carbocycles. The molecule has 0 radical (unpaired) electrons. The largest absolute Gasteiger partial charge is 0.472 e. The molecular weight excluding hydrogens is 719 g/mol. The number of carbonyl (C=O) groups excluding carboxylic acids is 2. The normalized spacial score (nSPS) is 23.2. The number of hydrogen-bond acceptors (Lipinski definition) is 12. The molecular formula is C40H77O13P. The van der Waals surface area contributed by atoms with Crippen molar-refractivity contribution < 1.29 is 63.1 Å². The van der Waals surface area contributed by atoms with Gasteiger partial charge < -0.3 is 39.9 Å². The number of phosphoric ester groups is 1. The standard InChI is InChI=1S/C40H77O13P/c1-3-5-7-9-11-13-15-16-17-18-19-21-23-25-27-29-34(42)52-32(30-50-33(41)28-26-24-22-20-14-12-10-8-6-4-2)31-51-54(48,49)53-40-38(46)36(44)35(43)37(45)39(40)47/h32,35-40,43-47H,3-31H2,1-2H3,(H,48,49)/t32-,35?,36-,37?,38?,39?,40?/m1/s1. The second kappa shape index (κ2) is 31.9. The van der Waals surface area contributed by atoms with E-state index in [9.17, 15) is 44.6 Å². The van der Waals surface area contributed by atoms with E-state index in [-0.39, 0.29) is 12.8 Å². The van der Waals surface area contributed by atoms with Crippen molar-refractivity contribution in [2.24, 2.45) is 0 Å². The smallest absolute Gasteiger partial charge is 0.462 e. The van der Waals surface area contributed by atoms with Crippen LogP contribution in [0.4, 0.5) is 0 Å². The van der Waals surface area contributed by atoms with Crippen molar-refractivity contribution >= 4 is 19.8 Å². The third-order valence-electron chi connectivity index (χ3n) is 10.2. The zero-order valence-electron chi connectivity index (χ0n) is 33.5. The Morgan fingerprint density at radius 1 is 0.500 bits per heavy atom.